The molecule has 5 heteroatoms. The van der Waals surface area contributed by atoms with Gasteiger partial charge >= 0.3 is 6.09 Å². The summed E-state index contributed by atoms with van der Waals surface area (Å²) in [6.45, 7) is 6.20. The van der Waals surface area contributed by atoms with Crippen molar-refractivity contribution in [3.63, 3.8) is 0 Å². The fourth-order valence-corrected chi connectivity index (χ4v) is 2.14. The van der Waals surface area contributed by atoms with E-state index in [0.29, 0.717) is 36.3 Å². The van der Waals surface area contributed by atoms with Gasteiger partial charge in [0.2, 0.25) is 0 Å². The van der Waals surface area contributed by atoms with Gasteiger partial charge < -0.3 is 15.4 Å². The number of halogens is 1. The van der Waals surface area contributed by atoms with Gasteiger partial charge in [-0.3, -0.25) is 0 Å². The molecule has 2 rings (SSSR count). The van der Waals surface area contributed by atoms with Gasteiger partial charge in [-0.15, -0.1) is 0 Å². The normalized spacial score (nSPS) is 15.1. The summed E-state index contributed by atoms with van der Waals surface area (Å²) in [7, 11) is 0. The van der Waals surface area contributed by atoms with Crippen molar-refractivity contribution in [3.8, 4) is 0 Å². The van der Waals surface area contributed by atoms with Gasteiger partial charge in [-0.1, -0.05) is 0 Å². The van der Waals surface area contributed by atoms with Gasteiger partial charge in [0.25, 0.3) is 0 Å². The number of nitrogens with two attached hydrogens (primary N) is 1. The minimum absolute atomic E-state index is 0.256. The molecule has 104 valence electrons. The summed E-state index contributed by atoms with van der Waals surface area (Å²) in [6, 6.07) is 2.91. The van der Waals surface area contributed by atoms with Crippen molar-refractivity contribution >= 4 is 11.8 Å². The Morgan fingerprint density at radius 3 is 2.68 bits per heavy atom. The molecule has 1 aromatic rings. The molecule has 1 amide bonds. The highest BCUT2D eigenvalue weighted by molar-refractivity contribution is 5.69. The summed E-state index contributed by atoms with van der Waals surface area (Å²) in [5.41, 5.74) is 7.14. The molecule has 1 aromatic carbocycles. The SMILES string of the molecule is CC(C)(C)OC(=O)N1CCc2c(F)ccc(N)c2C1. The zero-order valence-electron chi connectivity index (χ0n) is 11.5. The van der Waals surface area contributed by atoms with Crippen molar-refractivity contribution in [1.29, 1.82) is 0 Å². The molecule has 0 saturated heterocycles. The van der Waals surface area contributed by atoms with E-state index in [1.54, 1.807) is 4.90 Å². The van der Waals surface area contributed by atoms with Crippen molar-refractivity contribution in [1.82, 2.24) is 4.90 Å². The zero-order valence-corrected chi connectivity index (χ0v) is 11.5. The molecule has 0 atom stereocenters. The Balaban J connectivity index is 2.18. The lowest BCUT2D eigenvalue weighted by Gasteiger charge is -2.31. The summed E-state index contributed by atoms with van der Waals surface area (Å²) < 4.78 is 19.0. The Labute approximate surface area is 112 Å². The lowest BCUT2D eigenvalue weighted by molar-refractivity contribution is 0.0223. The van der Waals surface area contributed by atoms with Crippen LogP contribution in [0.15, 0.2) is 12.1 Å². The number of carbonyl (C=O) groups is 1. The van der Waals surface area contributed by atoms with Crippen LogP contribution in [0.4, 0.5) is 14.9 Å². The second-order valence-corrected chi connectivity index (χ2v) is 5.75. The lowest BCUT2D eigenvalue weighted by Crippen LogP contribution is -2.40. The fourth-order valence-electron chi connectivity index (χ4n) is 2.14. The quantitative estimate of drug-likeness (QED) is 0.734. The number of benzene rings is 1. The first-order chi connectivity index (χ1) is 8.78. The molecule has 1 aliphatic heterocycles. The first-order valence-electron chi connectivity index (χ1n) is 6.31. The summed E-state index contributed by atoms with van der Waals surface area (Å²) >= 11 is 0. The second kappa shape index (κ2) is 4.72. The second-order valence-electron chi connectivity index (χ2n) is 5.75. The Bertz CT molecular complexity index is 509. The number of anilines is 1. The largest absolute Gasteiger partial charge is 0.444 e. The molecule has 2 N–H and O–H groups in total. The van der Waals surface area contributed by atoms with Crippen LogP contribution in [0.25, 0.3) is 0 Å². The Morgan fingerprint density at radius 2 is 2.05 bits per heavy atom. The Morgan fingerprint density at radius 1 is 1.37 bits per heavy atom. The monoisotopic (exact) mass is 266 g/mol. The van der Waals surface area contributed by atoms with Crippen molar-refractivity contribution < 1.29 is 13.9 Å². The molecule has 0 spiro atoms. The standard InChI is InChI=1S/C14H19FN2O2/c1-14(2,3)19-13(18)17-7-6-9-10(8-17)12(16)5-4-11(9)15/h4-5H,6-8,16H2,1-3H3. The molecule has 4 nitrogen and oxygen atoms in total. The van der Waals surface area contributed by atoms with Gasteiger partial charge in [0.05, 0.1) is 6.54 Å². The summed E-state index contributed by atoms with van der Waals surface area (Å²) in [4.78, 5) is 13.5. The number of ether oxygens (including phenoxy) is 1. The molecule has 0 unspecified atom stereocenters. The maximum Gasteiger partial charge on any atom is 0.410 e. The van der Waals surface area contributed by atoms with Crippen LogP contribution >= 0.6 is 0 Å². The van der Waals surface area contributed by atoms with E-state index >= 15 is 0 Å². The maximum atomic E-state index is 13.7. The molecule has 1 heterocycles. The highest BCUT2D eigenvalue weighted by Gasteiger charge is 2.27. The molecule has 0 fully saturated rings. The van der Waals surface area contributed by atoms with Crippen molar-refractivity contribution in [2.75, 3.05) is 12.3 Å². The predicted octanol–water partition coefficient (Wildman–Crippen LogP) is 2.70. The average molecular weight is 266 g/mol. The van der Waals surface area contributed by atoms with E-state index in [9.17, 15) is 9.18 Å². The minimum atomic E-state index is -0.537. The summed E-state index contributed by atoms with van der Waals surface area (Å²) in [6.07, 6.45) is 0.0765. The fraction of sp³-hybridized carbons (Fsp3) is 0.500. The third-order valence-corrected chi connectivity index (χ3v) is 3.04. The Kier molecular flexibility index (Phi) is 3.39. The van der Waals surface area contributed by atoms with Crippen LogP contribution in [0.3, 0.4) is 0 Å². The maximum absolute atomic E-state index is 13.7. The molecule has 0 saturated carbocycles. The van der Waals surface area contributed by atoms with Crippen LogP contribution in [-0.4, -0.2) is 23.1 Å². The molecule has 0 aliphatic carbocycles. The molecule has 1 aliphatic rings. The number of carbonyl (C=O) groups excluding carboxylic acids is 1. The van der Waals surface area contributed by atoms with E-state index in [2.05, 4.69) is 0 Å². The van der Waals surface area contributed by atoms with Gasteiger partial charge in [-0.2, -0.15) is 0 Å². The first kappa shape index (κ1) is 13.6. The van der Waals surface area contributed by atoms with Gasteiger partial charge in [-0.25, -0.2) is 9.18 Å². The number of nitrogens with zero attached hydrogens (tertiary/aromatic N) is 1. The molecule has 0 radical (unpaired) electrons. The van der Waals surface area contributed by atoms with Gasteiger partial charge in [0.1, 0.15) is 11.4 Å². The molecular formula is C14H19FN2O2. The van der Waals surface area contributed by atoms with Crippen LogP contribution in [0.2, 0.25) is 0 Å². The van der Waals surface area contributed by atoms with E-state index < -0.39 is 5.60 Å². The number of nitrogen functional groups attached to an aromatic ring is 1. The zero-order chi connectivity index (χ0) is 14.2. The highest BCUT2D eigenvalue weighted by Crippen LogP contribution is 2.27. The molecule has 0 bridgehead atoms. The number of hydrogen-bond donors (Lipinski definition) is 1. The van der Waals surface area contributed by atoms with Crippen LogP contribution in [0.5, 0.6) is 0 Å². The van der Waals surface area contributed by atoms with Crippen LogP contribution in [-0.2, 0) is 17.7 Å². The third-order valence-electron chi connectivity index (χ3n) is 3.04. The lowest BCUT2D eigenvalue weighted by atomic mass is 9.98. The van der Waals surface area contributed by atoms with Crippen molar-refractivity contribution in [2.45, 2.75) is 39.3 Å². The first-order valence-corrected chi connectivity index (χ1v) is 6.31. The van der Waals surface area contributed by atoms with Gasteiger partial charge in [-0.05, 0) is 44.9 Å². The number of rotatable bonds is 0. The predicted molar refractivity (Wildman–Crippen MR) is 71.2 cm³/mol. The van der Waals surface area contributed by atoms with Crippen LogP contribution in [0, 0.1) is 5.82 Å². The van der Waals surface area contributed by atoms with E-state index in [-0.39, 0.29) is 11.9 Å². The van der Waals surface area contributed by atoms with Crippen molar-refractivity contribution in [3.05, 3.63) is 29.1 Å². The molecule has 0 aromatic heterocycles. The van der Waals surface area contributed by atoms with Crippen molar-refractivity contribution in [2.24, 2.45) is 0 Å². The van der Waals surface area contributed by atoms with Gasteiger partial charge in [0, 0.05) is 17.8 Å². The number of amides is 1. The third kappa shape index (κ3) is 2.97. The summed E-state index contributed by atoms with van der Waals surface area (Å²) in [5.74, 6) is -0.256. The average Bonchev–Trinajstić information content (AvgIpc) is 2.31. The number of fused-ring (bicyclic) bond motifs is 1. The van der Waals surface area contributed by atoms with E-state index in [1.807, 2.05) is 20.8 Å². The summed E-state index contributed by atoms with van der Waals surface area (Å²) in [5, 5.41) is 0. The molecular weight excluding hydrogens is 247 g/mol. The smallest absolute Gasteiger partial charge is 0.410 e. The van der Waals surface area contributed by atoms with Gasteiger partial charge in [0.15, 0.2) is 0 Å². The topological polar surface area (TPSA) is 55.6 Å². The minimum Gasteiger partial charge on any atom is -0.444 e. The highest BCUT2D eigenvalue weighted by atomic mass is 19.1. The van der Waals surface area contributed by atoms with E-state index in [4.69, 9.17) is 10.5 Å². The number of hydrogen-bond acceptors (Lipinski definition) is 3. The Hall–Kier alpha value is -1.78. The van der Waals surface area contributed by atoms with Crippen LogP contribution < -0.4 is 5.73 Å². The molecule has 19 heavy (non-hydrogen) atoms. The van der Waals surface area contributed by atoms with E-state index in [0.717, 1.165) is 0 Å². The van der Waals surface area contributed by atoms with E-state index in [1.165, 1.54) is 12.1 Å². The van der Waals surface area contributed by atoms with Crippen LogP contribution in [0.1, 0.15) is 31.9 Å².